The van der Waals surface area contributed by atoms with Gasteiger partial charge in [0, 0.05) is 5.56 Å². The van der Waals surface area contributed by atoms with Gasteiger partial charge in [0.25, 0.3) is 0 Å². The molecule has 0 amide bonds. The van der Waals surface area contributed by atoms with Gasteiger partial charge >= 0.3 is 0 Å². The number of aromatic hydroxyl groups is 1. The van der Waals surface area contributed by atoms with Crippen molar-refractivity contribution in [2.75, 3.05) is 7.11 Å². The standard InChI is InChI=1S/C14H11NO2S/c1-17-11-6-7-12-13(8-11)18-14(15-12)9-2-4-10(16)5-3-9/h2-8,16H,1H3. The summed E-state index contributed by atoms with van der Waals surface area (Å²) in [5, 5.41) is 10.2. The number of phenolic OH excluding ortho intramolecular Hbond substituents is 1. The summed E-state index contributed by atoms with van der Waals surface area (Å²) in [7, 11) is 1.66. The Labute approximate surface area is 108 Å². The third kappa shape index (κ3) is 1.91. The normalized spacial score (nSPS) is 10.7. The maximum atomic E-state index is 9.28. The van der Waals surface area contributed by atoms with Gasteiger partial charge in [-0.15, -0.1) is 11.3 Å². The lowest BCUT2D eigenvalue weighted by atomic mass is 10.2. The van der Waals surface area contributed by atoms with Crippen molar-refractivity contribution in [3.05, 3.63) is 42.5 Å². The Morgan fingerprint density at radius 3 is 2.61 bits per heavy atom. The van der Waals surface area contributed by atoms with Crippen molar-refractivity contribution in [1.82, 2.24) is 4.98 Å². The Bertz CT molecular complexity index is 689. The highest BCUT2D eigenvalue weighted by Crippen LogP contribution is 2.32. The minimum absolute atomic E-state index is 0.265. The van der Waals surface area contributed by atoms with Crippen LogP contribution in [0.1, 0.15) is 0 Å². The van der Waals surface area contributed by atoms with Crippen LogP contribution >= 0.6 is 11.3 Å². The predicted octanol–water partition coefficient (Wildman–Crippen LogP) is 3.68. The summed E-state index contributed by atoms with van der Waals surface area (Å²) in [6, 6.07) is 12.9. The van der Waals surface area contributed by atoms with Crippen LogP contribution in [0.3, 0.4) is 0 Å². The Morgan fingerprint density at radius 2 is 1.89 bits per heavy atom. The molecule has 0 saturated heterocycles. The van der Waals surface area contributed by atoms with E-state index in [0.717, 1.165) is 26.5 Å². The van der Waals surface area contributed by atoms with Gasteiger partial charge in [-0.2, -0.15) is 0 Å². The van der Waals surface area contributed by atoms with E-state index in [-0.39, 0.29) is 5.75 Å². The van der Waals surface area contributed by atoms with Crippen molar-refractivity contribution >= 4 is 21.6 Å². The van der Waals surface area contributed by atoms with Crippen LogP contribution in [0.25, 0.3) is 20.8 Å². The number of methoxy groups -OCH3 is 1. The molecule has 3 aromatic rings. The molecule has 4 heteroatoms. The fourth-order valence-electron chi connectivity index (χ4n) is 1.76. The van der Waals surface area contributed by atoms with Crippen molar-refractivity contribution in [2.24, 2.45) is 0 Å². The molecule has 0 aliphatic carbocycles. The fraction of sp³-hybridized carbons (Fsp3) is 0.0714. The molecule has 0 aliphatic heterocycles. The first kappa shape index (κ1) is 11.0. The van der Waals surface area contributed by atoms with Crippen molar-refractivity contribution in [3.63, 3.8) is 0 Å². The smallest absolute Gasteiger partial charge is 0.124 e. The predicted molar refractivity (Wildman–Crippen MR) is 73.3 cm³/mol. The van der Waals surface area contributed by atoms with E-state index >= 15 is 0 Å². The third-order valence-electron chi connectivity index (χ3n) is 2.71. The molecule has 0 fully saturated rings. The lowest BCUT2D eigenvalue weighted by molar-refractivity contribution is 0.415. The van der Waals surface area contributed by atoms with Gasteiger partial charge in [0.05, 0.1) is 17.3 Å². The summed E-state index contributed by atoms with van der Waals surface area (Å²) in [6.45, 7) is 0. The van der Waals surface area contributed by atoms with Gasteiger partial charge in [0.2, 0.25) is 0 Å². The van der Waals surface area contributed by atoms with Crippen LogP contribution in [-0.4, -0.2) is 17.2 Å². The van der Waals surface area contributed by atoms with Gasteiger partial charge in [-0.05, 0) is 42.5 Å². The Kier molecular flexibility index (Phi) is 2.64. The molecule has 1 heterocycles. The summed E-state index contributed by atoms with van der Waals surface area (Å²) in [6.07, 6.45) is 0. The number of phenols is 1. The van der Waals surface area contributed by atoms with E-state index in [1.54, 1.807) is 30.6 Å². The first-order valence-corrected chi connectivity index (χ1v) is 6.32. The van der Waals surface area contributed by atoms with Crippen LogP contribution in [0.5, 0.6) is 11.5 Å². The van der Waals surface area contributed by atoms with Crippen LogP contribution in [0.4, 0.5) is 0 Å². The lowest BCUT2D eigenvalue weighted by Crippen LogP contribution is -1.80. The average Bonchev–Trinajstić information content (AvgIpc) is 2.82. The second kappa shape index (κ2) is 4.31. The van der Waals surface area contributed by atoms with Crippen LogP contribution in [0.2, 0.25) is 0 Å². The second-order valence-electron chi connectivity index (χ2n) is 3.90. The molecule has 0 aliphatic rings. The quantitative estimate of drug-likeness (QED) is 0.761. The SMILES string of the molecule is COc1ccc2nc(-c3ccc(O)cc3)sc2c1. The van der Waals surface area contributed by atoms with E-state index in [9.17, 15) is 5.11 Å². The second-order valence-corrected chi connectivity index (χ2v) is 4.93. The minimum Gasteiger partial charge on any atom is -0.508 e. The molecule has 0 saturated carbocycles. The molecular formula is C14H11NO2S. The zero-order valence-electron chi connectivity index (χ0n) is 9.75. The van der Waals surface area contributed by atoms with E-state index in [1.165, 1.54) is 0 Å². The number of hydrogen-bond acceptors (Lipinski definition) is 4. The van der Waals surface area contributed by atoms with E-state index in [2.05, 4.69) is 4.98 Å². The van der Waals surface area contributed by atoms with E-state index in [0.29, 0.717) is 0 Å². The highest BCUT2D eigenvalue weighted by molar-refractivity contribution is 7.21. The van der Waals surface area contributed by atoms with Gasteiger partial charge in [-0.3, -0.25) is 0 Å². The molecule has 0 bridgehead atoms. The molecular weight excluding hydrogens is 246 g/mol. The van der Waals surface area contributed by atoms with E-state index in [4.69, 9.17) is 4.74 Å². The molecule has 1 N–H and O–H groups in total. The molecule has 3 nitrogen and oxygen atoms in total. The molecule has 0 unspecified atom stereocenters. The molecule has 0 atom stereocenters. The summed E-state index contributed by atoms with van der Waals surface area (Å²) in [4.78, 5) is 4.57. The summed E-state index contributed by atoms with van der Waals surface area (Å²) < 4.78 is 6.29. The Morgan fingerprint density at radius 1 is 1.11 bits per heavy atom. The van der Waals surface area contributed by atoms with Gasteiger partial charge in [-0.25, -0.2) is 4.98 Å². The molecule has 90 valence electrons. The molecule has 0 radical (unpaired) electrons. The number of hydrogen-bond donors (Lipinski definition) is 1. The molecule has 18 heavy (non-hydrogen) atoms. The van der Waals surface area contributed by atoms with Crippen molar-refractivity contribution < 1.29 is 9.84 Å². The van der Waals surface area contributed by atoms with Crippen LogP contribution < -0.4 is 4.74 Å². The first-order valence-electron chi connectivity index (χ1n) is 5.50. The van der Waals surface area contributed by atoms with Crippen LogP contribution in [0.15, 0.2) is 42.5 Å². The van der Waals surface area contributed by atoms with Crippen molar-refractivity contribution in [3.8, 4) is 22.1 Å². The lowest BCUT2D eigenvalue weighted by Gasteiger charge is -1.96. The number of rotatable bonds is 2. The average molecular weight is 257 g/mol. The fourth-order valence-corrected chi connectivity index (χ4v) is 2.76. The number of aromatic nitrogens is 1. The van der Waals surface area contributed by atoms with Gasteiger partial charge in [-0.1, -0.05) is 0 Å². The topological polar surface area (TPSA) is 42.4 Å². The van der Waals surface area contributed by atoms with E-state index in [1.807, 2.05) is 30.3 Å². The largest absolute Gasteiger partial charge is 0.508 e. The minimum atomic E-state index is 0.265. The Balaban J connectivity index is 2.10. The number of fused-ring (bicyclic) bond motifs is 1. The molecule has 2 aromatic carbocycles. The maximum absolute atomic E-state index is 9.28. The molecule has 3 rings (SSSR count). The first-order chi connectivity index (χ1) is 8.76. The van der Waals surface area contributed by atoms with Crippen LogP contribution in [-0.2, 0) is 0 Å². The number of benzene rings is 2. The zero-order chi connectivity index (χ0) is 12.5. The highest BCUT2D eigenvalue weighted by Gasteiger charge is 2.07. The summed E-state index contributed by atoms with van der Waals surface area (Å²) in [5.41, 5.74) is 1.97. The van der Waals surface area contributed by atoms with Crippen molar-refractivity contribution in [1.29, 1.82) is 0 Å². The van der Waals surface area contributed by atoms with E-state index < -0.39 is 0 Å². The third-order valence-corrected chi connectivity index (χ3v) is 3.78. The number of nitrogens with zero attached hydrogens (tertiary/aromatic N) is 1. The Hall–Kier alpha value is -2.07. The van der Waals surface area contributed by atoms with Gasteiger partial charge < -0.3 is 9.84 Å². The number of thiazole rings is 1. The van der Waals surface area contributed by atoms with Gasteiger partial charge in [0.15, 0.2) is 0 Å². The van der Waals surface area contributed by atoms with Gasteiger partial charge in [0.1, 0.15) is 16.5 Å². The monoisotopic (exact) mass is 257 g/mol. The molecule has 1 aromatic heterocycles. The zero-order valence-corrected chi connectivity index (χ0v) is 10.6. The molecule has 0 spiro atoms. The highest BCUT2D eigenvalue weighted by atomic mass is 32.1. The summed E-state index contributed by atoms with van der Waals surface area (Å²) >= 11 is 1.61. The van der Waals surface area contributed by atoms with Crippen LogP contribution in [0, 0.1) is 0 Å². The van der Waals surface area contributed by atoms with Crippen molar-refractivity contribution in [2.45, 2.75) is 0 Å². The summed E-state index contributed by atoms with van der Waals surface area (Å²) in [5.74, 6) is 1.10. The maximum Gasteiger partial charge on any atom is 0.124 e. The number of ether oxygens (including phenoxy) is 1.